The lowest BCUT2D eigenvalue weighted by atomic mass is 9.72. The van der Waals surface area contributed by atoms with Crippen molar-refractivity contribution in [3.8, 4) is 5.75 Å². The molecule has 4 saturated heterocycles. The van der Waals surface area contributed by atoms with Crippen molar-refractivity contribution in [3.05, 3.63) is 111 Å². The van der Waals surface area contributed by atoms with Gasteiger partial charge in [0.25, 0.3) is 5.91 Å². The van der Waals surface area contributed by atoms with E-state index in [1.165, 1.54) is 12.1 Å². The van der Waals surface area contributed by atoms with Crippen LogP contribution in [0.15, 0.2) is 83.7 Å². The Bertz CT molecular complexity index is 1840. The van der Waals surface area contributed by atoms with Gasteiger partial charge in [-0.3, -0.25) is 19.3 Å². The van der Waals surface area contributed by atoms with Crippen LogP contribution in [0.4, 0.5) is 0 Å². The Labute approximate surface area is 285 Å². The molecule has 49 heavy (non-hydrogen) atoms. The summed E-state index contributed by atoms with van der Waals surface area (Å²) in [5.74, 6) is 0.207. The standard InChI is InChI=1S/C39H44N4O6/c44-32-12-10-30(31-11-13-35(46)41-36(31)32)33(45)24-40-19-14-26-6-8-28(9-7-26)37(47)43-22-17-39(18-23-43,29-4-2-1-3-5-29)38(48)49-34-25-42-20-15-27(34)16-21-42/h1-13,27,33-34,40,44-45H,14-25H2,(H,41,46)/t33?,34-/m0/s1. The summed E-state index contributed by atoms with van der Waals surface area (Å²) in [7, 11) is 0. The lowest BCUT2D eigenvalue weighted by molar-refractivity contribution is -0.167. The second-order valence-electron chi connectivity index (χ2n) is 13.8. The Balaban J connectivity index is 0.928. The highest BCUT2D eigenvalue weighted by atomic mass is 16.5. The molecule has 2 bridgehead atoms. The van der Waals surface area contributed by atoms with Gasteiger partial charge in [0, 0.05) is 43.2 Å². The number of rotatable bonds is 10. The minimum Gasteiger partial charge on any atom is -0.506 e. The number of aliphatic hydroxyl groups is 1. The Morgan fingerprint density at radius 3 is 2.37 bits per heavy atom. The molecule has 4 fully saturated rings. The van der Waals surface area contributed by atoms with E-state index in [9.17, 15) is 24.6 Å². The van der Waals surface area contributed by atoms with Crippen LogP contribution in [0.3, 0.4) is 0 Å². The van der Waals surface area contributed by atoms with E-state index in [0.717, 1.165) is 43.6 Å². The van der Waals surface area contributed by atoms with E-state index in [1.54, 1.807) is 12.1 Å². The first-order valence-electron chi connectivity index (χ1n) is 17.4. The van der Waals surface area contributed by atoms with Crippen molar-refractivity contribution in [3.63, 3.8) is 0 Å². The van der Waals surface area contributed by atoms with Gasteiger partial charge in [-0.25, -0.2) is 0 Å². The predicted molar refractivity (Wildman–Crippen MR) is 187 cm³/mol. The summed E-state index contributed by atoms with van der Waals surface area (Å²) in [5, 5.41) is 24.8. The lowest BCUT2D eigenvalue weighted by Gasteiger charge is -2.46. The Morgan fingerprint density at radius 1 is 0.939 bits per heavy atom. The van der Waals surface area contributed by atoms with Crippen molar-refractivity contribution in [2.75, 3.05) is 45.8 Å². The third-order valence-electron chi connectivity index (χ3n) is 10.9. The number of nitrogens with one attached hydrogen (secondary N) is 2. The van der Waals surface area contributed by atoms with Crippen molar-refractivity contribution in [2.45, 2.75) is 49.7 Å². The number of nitrogens with zero attached hydrogens (tertiary/aromatic N) is 2. The van der Waals surface area contributed by atoms with Gasteiger partial charge in [0.2, 0.25) is 5.56 Å². The molecule has 8 rings (SSSR count). The average Bonchev–Trinajstić information content (AvgIpc) is 3.14. The van der Waals surface area contributed by atoms with E-state index >= 15 is 0 Å². The number of hydrogen-bond donors (Lipinski definition) is 4. The van der Waals surface area contributed by atoms with Crippen molar-refractivity contribution < 1.29 is 24.5 Å². The van der Waals surface area contributed by atoms with Crippen LogP contribution < -0.4 is 10.9 Å². The number of aromatic hydroxyl groups is 1. The fourth-order valence-corrected chi connectivity index (χ4v) is 7.88. The van der Waals surface area contributed by atoms with Gasteiger partial charge in [-0.2, -0.15) is 0 Å². The van der Waals surface area contributed by atoms with Gasteiger partial charge in [0.1, 0.15) is 11.9 Å². The fourth-order valence-electron chi connectivity index (χ4n) is 7.88. The highest BCUT2D eigenvalue weighted by Crippen LogP contribution is 2.39. The van der Waals surface area contributed by atoms with E-state index in [2.05, 4.69) is 15.2 Å². The summed E-state index contributed by atoms with van der Waals surface area (Å²) >= 11 is 0. The number of carbonyl (C=O) groups is 2. The molecule has 4 aromatic rings. The molecule has 5 heterocycles. The van der Waals surface area contributed by atoms with Crippen LogP contribution in [-0.2, 0) is 21.4 Å². The van der Waals surface area contributed by atoms with Crippen LogP contribution in [0.2, 0.25) is 0 Å². The van der Waals surface area contributed by atoms with Gasteiger partial charge in [-0.05, 0) is 98.6 Å². The van der Waals surface area contributed by atoms with Gasteiger partial charge >= 0.3 is 5.97 Å². The number of fused-ring (bicyclic) bond motifs is 4. The third kappa shape index (κ3) is 6.86. The summed E-state index contributed by atoms with van der Waals surface area (Å²) in [6, 6.07) is 23.7. The summed E-state index contributed by atoms with van der Waals surface area (Å²) in [4.78, 5) is 46.1. The maximum Gasteiger partial charge on any atom is 0.317 e. The van der Waals surface area contributed by atoms with E-state index in [-0.39, 0.29) is 29.3 Å². The molecule has 0 radical (unpaired) electrons. The molecular weight excluding hydrogens is 620 g/mol. The molecule has 1 unspecified atom stereocenters. The molecular formula is C39H44N4O6. The number of aromatic amines is 1. The van der Waals surface area contributed by atoms with E-state index in [4.69, 9.17) is 4.74 Å². The van der Waals surface area contributed by atoms with Crippen LogP contribution in [0, 0.1) is 5.92 Å². The van der Waals surface area contributed by atoms with Gasteiger partial charge in [0.15, 0.2) is 0 Å². The quantitative estimate of drug-likeness (QED) is 0.148. The molecule has 4 N–H and O–H groups in total. The minimum atomic E-state index is -0.832. The number of pyridine rings is 1. The number of hydrogen-bond acceptors (Lipinski definition) is 8. The predicted octanol–water partition coefficient (Wildman–Crippen LogP) is 3.91. The number of phenolic OH excluding ortho intramolecular Hbond substituents is 1. The molecule has 10 heteroatoms. The number of aromatic nitrogens is 1. The number of H-pyrrole nitrogens is 1. The zero-order valence-corrected chi connectivity index (χ0v) is 27.6. The van der Waals surface area contributed by atoms with Gasteiger partial charge < -0.3 is 30.2 Å². The number of phenols is 1. The molecule has 3 aromatic carbocycles. The zero-order valence-electron chi connectivity index (χ0n) is 27.6. The van der Waals surface area contributed by atoms with Crippen LogP contribution >= 0.6 is 0 Å². The van der Waals surface area contributed by atoms with Crippen LogP contribution in [0.25, 0.3) is 10.9 Å². The van der Waals surface area contributed by atoms with E-state index in [1.807, 2.05) is 59.5 Å². The van der Waals surface area contributed by atoms with Crippen molar-refractivity contribution in [1.29, 1.82) is 0 Å². The molecule has 1 amide bonds. The number of amides is 1. The fraction of sp³-hybridized carbons (Fsp3) is 0.410. The molecule has 0 saturated carbocycles. The Morgan fingerprint density at radius 2 is 1.67 bits per heavy atom. The van der Waals surface area contributed by atoms with Crippen molar-refractivity contribution >= 4 is 22.8 Å². The highest BCUT2D eigenvalue weighted by molar-refractivity contribution is 5.94. The number of benzene rings is 3. The second-order valence-corrected chi connectivity index (χ2v) is 13.8. The Hall–Kier alpha value is -4.51. The first-order valence-corrected chi connectivity index (χ1v) is 17.4. The van der Waals surface area contributed by atoms with E-state index < -0.39 is 11.5 Å². The monoisotopic (exact) mass is 664 g/mol. The SMILES string of the molecule is O=C(c1ccc(CCNCC(O)c2ccc(O)c3[nH]c(=O)ccc23)cc1)N1CCC(C(=O)O[C@H]2CN3CCC2CC3)(c2ccccc2)CC1. The number of ether oxygens (including phenoxy) is 1. The first kappa shape index (κ1) is 33.0. The molecule has 0 aliphatic carbocycles. The van der Waals surface area contributed by atoms with Gasteiger partial charge in [-0.15, -0.1) is 0 Å². The number of esters is 1. The normalized spacial score (nSPS) is 22.1. The number of piperidine rings is 4. The second kappa shape index (κ2) is 14.2. The average molecular weight is 665 g/mol. The van der Waals surface area contributed by atoms with Crippen molar-refractivity contribution in [1.82, 2.24) is 20.1 Å². The molecule has 2 atom stereocenters. The highest BCUT2D eigenvalue weighted by Gasteiger charge is 2.47. The first-order chi connectivity index (χ1) is 23.8. The van der Waals surface area contributed by atoms with Crippen LogP contribution in [-0.4, -0.2) is 88.8 Å². The van der Waals surface area contributed by atoms with E-state index in [0.29, 0.717) is 73.4 Å². The Kier molecular flexibility index (Phi) is 9.53. The zero-order chi connectivity index (χ0) is 34.0. The largest absolute Gasteiger partial charge is 0.506 e. The summed E-state index contributed by atoms with van der Waals surface area (Å²) in [6.45, 7) is 4.86. The maximum absolute atomic E-state index is 14.0. The minimum absolute atomic E-state index is 0.0392. The van der Waals surface area contributed by atoms with Crippen molar-refractivity contribution in [2.24, 2.45) is 5.92 Å². The molecule has 10 nitrogen and oxygen atoms in total. The van der Waals surface area contributed by atoms with Gasteiger partial charge in [-0.1, -0.05) is 48.5 Å². The third-order valence-corrected chi connectivity index (χ3v) is 10.9. The topological polar surface area (TPSA) is 135 Å². The lowest BCUT2D eigenvalue weighted by Crippen LogP contribution is -2.55. The van der Waals surface area contributed by atoms with Crippen LogP contribution in [0.1, 0.15) is 58.8 Å². The maximum atomic E-state index is 14.0. The molecule has 0 spiro atoms. The van der Waals surface area contributed by atoms with Crippen LogP contribution in [0.5, 0.6) is 5.75 Å². The number of likely N-dealkylation sites (tertiary alicyclic amines) is 1. The number of aliphatic hydroxyl groups excluding tert-OH is 1. The summed E-state index contributed by atoms with van der Waals surface area (Å²) in [5.41, 5.74) is 2.48. The smallest absolute Gasteiger partial charge is 0.317 e. The molecule has 256 valence electrons. The summed E-state index contributed by atoms with van der Waals surface area (Å²) in [6.07, 6.45) is 3.03. The number of carbonyl (C=O) groups excluding carboxylic acids is 2. The molecule has 4 aliphatic heterocycles. The molecule has 1 aromatic heterocycles. The molecule has 4 aliphatic rings. The van der Waals surface area contributed by atoms with Gasteiger partial charge in [0.05, 0.1) is 17.0 Å². The summed E-state index contributed by atoms with van der Waals surface area (Å²) < 4.78 is 6.29.